The second-order valence-corrected chi connectivity index (χ2v) is 6.26. The molecular formula is C19H16Cl2N2. The minimum absolute atomic E-state index is 0.267. The lowest BCUT2D eigenvalue weighted by Gasteiger charge is -2.16. The van der Waals surface area contributed by atoms with Crippen LogP contribution in [0.25, 0.3) is 10.9 Å². The minimum atomic E-state index is 0.267. The van der Waals surface area contributed by atoms with Crippen molar-refractivity contribution in [2.45, 2.75) is 13.3 Å². The molecule has 1 aromatic heterocycles. The highest BCUT2D eigenvalue weighted by molar-refractivity contribution is 6.55. The maximum Gasteiger partial charge on any atom is 0.103 e. The van der Waals surface area contributed by atoms with Gasteiger partial charge in [-0.05, 0) is 37.6 Å². The molecule has 2 aromatic carbocycles. The van der Waals surface area contributed by atoms with E-state index in [1.165, 1.54) is 0 Å². The zero-order chi connectivity index (χ0) is 16.2. The van der Waals surface area contributed by atoms with E-state index in [0.717, 1.165) is 33.5 Å². The van der Waals surface area contributed by atoms with Gasteiger partial charge in [0, 0.05) is 22.3 Å². The molecule has 0 aliphatic heterocycles. The van der Waals surface area contributed by atoms with E-state index >= 15 is 0 Å². The molecule has 2 nitrogen and oxygen atoms in total. The number of rotatable bonds is 4. The van der Waals surface area contributed by atoms with Gasteiger partial charge in [0.25, 0.3) is 0 Å². The molecule has 0 spiro atoms. The van der Waals surface area contributed by atoms with Crippen LogP contribution in [-0.2, 0) is 6.42 Å². The average molecular weight is 343 g/mol. The SMILES string of the molecule is Cc1nc2ccccc2c(Nc2ccccc2)c1CC=C(Cl)Cl. The Labute approximate surface area is 145 Å². The molecule has 23 heavy (non-hydrogen) atoms. The van der Waals surface area contributed by atoms with Crippen molar-refractivity contribution >= 4 is 45.5 Å². The van der Waals surface area contributed by atoms with E-state index in [1.807, 2.05) is 55.5 Å². The first kappa shape index (κ1) is 15.9. The van der Waals surface area contributed by atoms with Crippen LogP contribution in [0.3, 0.4) is 0 Å². The zero-order valence-electron chi connectivity index (χ0n) is 12.7. The number of allylic oxidation sites excluding steroid dienone is 1. The molecule has 0 atom stereocenters. The number of hydrogen-bond donors (Lipinski definition) is 1. The van der Waals surface area contributed by atoms with Gasteiger partial charge in [-0.25, -0.2) is 0 Å². The smallest absolute Gasteiger partial charge is 0.103 e. The van der Waals surface area contributed by atoms with Crippen LogP contribution < -0.4 is 5.32 Å². The third-order valence-electron chi connectivity index (χ3n) is 3.70. The molecule has 0 bridgehead atoms. The number of aromatic nitrogens is 1. The number of hydrogen-bond acceptors (Lipinski definition) is 2. The molecule has 116 valence electrons. The average Bonchev–Trinajstić information content (AvgIpc) is 2.55. The predicted molar refractivity (Wildman–Crippen MR) is 99.7 cm³/mol. The molecular weight excluding hydrogens is 327 g/mol. The van der Waals surface area contributed by atoms with Crippen molar-refractivity contribution in [1.29, 1.82) is 0 Å². The largest absolute Gasteiger partial charge is 0.355 e. The monoisotopic (exact) mass is 342 g/mol. The van der Waals surface area contributed by atoms with Crippen LogP contribution in [-0.4, -0.2) is 4.98 Å². The summed E-state index contributed by atoms with van der Waals surface area (Å²) >= 11 is 11.6. The normalized spacial score (nSPS) is 10.6. The summed E-state index contributed by atoms with van der Waals surface area (Å²) in [7, 11) is 0. The van der Waals surface area contributed by atoms with Gasteiger partial charge in [0.2, 0.25) is 0 Å². The molecule has 0 radical (unpaired) electrons. The molecule has 0 unspecified atom stereocenters. The summed E-state index contributed by atoms with van der Waals surface area (Å²) in [6.07, 6.45) is 2.42. The third kappa shape index (κ3) is 3.66. The summed E-state index contributed by atoms with van der Waals surface area (Å²) in [4.78, 5) is 4.70. The van der Waals surface area contributed by atoms with Gasteiger partial charge in [-0.15, -0.1) is 0 Å². The summed E-state index contributed by atoms with van der Waals surface area (Å²) < 4.78 is 0.267. The number of para-hydroxylation sites is 2. The van der Waals surface area contributed by atoms with Crippen molar-refractivity contribution in [2.24, 2.45) is 0 Å². The lowest BCUT2D eigenvalue weighted by Crippen LogP contribution is -2.02. The fourth-order valence-electron chi connectivity index (χ4n) is 2.61. The lowest BCUT2D eigenvalue weighted by molar-refractivity contribution is 1.14. The topological polar surface area (TPSA) is 24.9 Å². The van der Waals surface area contributed by atoms with E-state index in [9.17, 15) is 0 Å². The quantitative estimate of drug-likeness (QED) is 0.615. The highest BCUT2D eigenvalue weighted by atomic mass is 35.5. The molecule has 4 heteroatoms. The molecule has 0 saturated carbocycles. The van der Waals surface area contributed by atoms with Gasteiger partial charge >= 0.3 is 0 Å². The van der Waals surface area contributed by atoms with Crippen LogP contribution >= 0.6 is 23.2 Å². The molecule has 1 heterocycles. The van der Waals surface area contributed by atoms with Crippen LogP contribution in [0.5, 0.6) is 0 Å². The molecule has 0 fully saturated rings. The Morgan fingerprint density at radius 2 is 1.74 bits per heavy atom. The second-order valence-electron chi connectivity index (χ2n) is 5.26. The third-order valence-corrected chi connectivity index (χ3v) is 4.01. The van der Waals surface area contributed by atoms with Crippen molar-refractivity contribution in [3.05, 3.63) is 76.4 Å². The summed E-state index contributed by atoms with van der Waals surface area (Å²) in [6.45, 7) is 2.01. The molecule has 3 rings (SSSR count). The Morgan fingerprint density at radius 1 is 1.04 bits per heavy atom. The second kappa shape index (κ2) is 7.03. The highest BCUT2D eigenvalue weighted by Crippen LogP contribution is 2.32. The zero-order valence-corrected chi connectivity index (χ0v) is 14.2. The van der Waals surface area contributed by atoms with Gasteiger partial charge < -0.3 is 5.32 Å². The van der Waals surface area contributed by atoms with E-state index in [2.05, 4.69) is 11.4 Å². The first-order valence-electron chi connectivity index (χ1n) is 7.36. The minimum Gasteiger partial charge on any atom is -0.355 e. The van der Waals surface area contributed by atoms with E-state index in [1.54, 1.807) is 6.08 Å². The number of anilines is 2. The van der Waals surface area contributed by atoms with Crippen molar-refractivity contribution < 1.29 is 0 Å². The van der Waals surface area contributed by atoms with Gasteiger partial charge in [0.15, 0.2) is 0 Å². The van der Waals surface area contributed by atoms with Gasteiger partial charge in [-0.2, -0.15) is 0 Å². The molecule has 1 N–H and O–H groups in total. The van der Waals surface area contributed by atoms with Crippen LogP contribution in [0, 0.1) is 6.92 Å². The number of aryl methyl sites for hydroxylation is 1. The molecule has 0 amide bonds. The number of fused-ring (bicyclic) bond motifs is 1. The molecule has 0 aliphatic rings. The molecule has 0 aliphatic carbocycles. The number of halogens is 2. The Balaban J connectivity index is 2.17. The van der Waals surface area contributed by atoms with Crippen LogP contribution in [0.4, 0.5) is 11.4 Å². The Morgan fingerprint density at radius 3 is 2.48 bits per heavy atom. The van der Waals surface area contributed by atoms with Gasteiger partial charge in [0.1, 0.15) is 4.49 Å². The number of benzene rings is 2. The van der Waals surface area contributed by atoms with E-state index in [0.29, 0.717) is 6.42 Å². The van der Waals surface area contributed by atoms with Crippen LogP contribution in [0.1, 0.15) is 11.3 Å². The summed E-state index contributed by atoms with van der Waals surface area (Å²) in [5.74, 6) is 0. The number of pyridine rings is 1. The summed E-state index contributed by atoms with van der Waals surface area (Å²) in [5.41, 5.74) is 5.10. The Hall–Kier alpha value is -2.03. The number of nitrogens with one attached hydrogen (secondary N) is 1. The van der Waals surface area contributed by atoms with Gasteiger partial charge in [-0.1, -0.05) is 59.6 Å². The van der Waals surface area contributed by atoms with E-state index < -0.39 is 0 Å². The predicted octanol–water partition coefficient (Wildman–Crippen LogP) is 6.15. The molecule has 0 saturated heterocycles. The fraction of sp³-hybridized carbons (Fsp3) is 0.105. The van der Waals surface area contributed by atoms with Crippen molar-refractivity contribution in [3.8, 4) is 0 Å². The summed E-state index contributed by atoms with van der Waals surface area (Å²) in [6, 6.07) is 18.2. The lowest BCUT2D eigenvalue weighted by atomic mass is 10.0. The van der Waals surface area contributed by atoms with Gasteiger partial charge in [-0.3, -0.25) is 4.98 Å². The maximum atomic E-state index is 5.80. The number of nitrogens with zero attached hydrogens (tertiary/aromatic N) is 1. The van der Waals surface area contributed by atoms with Crippen LogP contribution in [0.15, 0.2) is 65.2 Å². The van der Waals surface area contributed by atoms with Crippen molar-refractivity contribution in [2.75, 3.05) is 5.32 Å². The van der Waals surface area contributed by atoms with Crippen molar-refractivity contribution in [3.63, 3.8) is 0 Å². The van der Waals surface area contributed by atoms with E-state index in [4.69, 9.17) is 28.2 Å². The fourth-order valence-corrected chi connectivity index (χ4v) is 2.77. The Kier molecular flexibility index (Phi) is 4.85. The standard InChI is InChI=1S/C19H16Cl2N2/c1-13-15(11-12-18(20)21)19(23-14-7-3-2-4-8-14)16-9-5-6-10-17(16)22-13/h2-10,12H,11H2,1H3,(H,22,23). The van der Waals surface area contributed by atoms with Gasteiger partial charge in [0.05, 0.1) is 11.2 Å². The van der Waals surface area contributed by atoms with Crippen molar-refractivity contribution in [1.82, 2.24) is 4.98 Å². The first-order valence-corrected chi connectivity index (χ1v) is 8.12. The highest BCUT2D eigenvalue weighted by Gasteiger charge is 2.12. The maximum absolute atomic E-state index is 5.80. The first-order chi connectivity index (χ1) is 11.1. The summed E-state index contributed by atoms with van der Waals surface area (Å²) in [5, 5.41) is 4.60. The Bertz CT molecular complexity index is 854. The van der Waals surface area contributed by atoms with Crippen LogP contribution in [0.2, 0.25) is 0 Å². The molecule has 3 aromatic rings. The van der Waals surface area contributed by atoms with E-state index in [-0.39, 0.29) is 4.49 Å².